The zero-order valence-corrected chi connectivity index (χ0v) is 22.7. The van der Waals surface area contributed by atoms with E-state index in [2.05, 4.69) is 5.32 Å². The quantitative estimate of drug-likeness (QED) is 0.147. The van der Waals surface area contributed by atoms with Crippen LogP contribution in [-0.4, -0.2) is 60.4 Å². The maximum absolute atomic E-state index is 13.1. The molecular weight excluding hydrogens is 550 g/mol. The van der Waals surface area contributed by atoms with Crippen molar-refractivity contribution in [3.05, 3.63) is 85.8 Å². The molecule has 0 radical (unpaired) electrons. The van der Waals surface area contributed by atoms with Gasteiger partial charge in [-0.25, -0.2) is 4.79 Å². The molecule has 1 saturated heterocycles. The number of nitro groups is 1. The predicted octanol–water partition coefficient (Wildman–Crippen LogP) is 3.87. The van der Waals surface area contributed by atoms with Crippen molar-refractivity contribution in [3.8, 4) is 0 Å². The first-order chi connectivity index (χ1) is 18.2. The predicted molar refractivity (Wildman–Crippen MR) is 147 cm³/mol. The van der Waals surface area contributed by atoms with Gasteiger partial charge < -0.3 is 15.5 Å². The van der Waals surface area contributed by atoms with Crippen molar-refractivity contribution in [3.63, 3.8) is 0 Å². The molecule has 2 aliphatic heterocycles. The van der Waals surface area contributed by atoms with Crippen LogP contribution in [0.5, 0.6) is 0 Å². The Kier molecular flexibility index (Phi) is 8.71. The van der Waals surface area contributed by atoms with Gasteiger partial charge in [0.1, 0.15) is 5.92 Å². The number of amides is 2. The molecule has 0 aliphatic carbocycles. The highest BCUT2D eigenvalue weighted by Gasteiger charge is 2.69. The molecule has 2 amide bonds. The maximum Gasteiger partial charge on any atom is 0.354 e. The highest BCUT2D eigenvalue weighted by Crippen LogP contribution is 2.66. The molecule has 2 heterocycles. The van der Waals surface area contributed by atoms with Crippen molar-refractivity contribution in [1.29, 1.82) is 0 Å². The first kappa shape index (κ1) is 28.0. The van der Waals surface area contributed by atoms with E-state index < -0.39 is 33.0 Å². The summed E-state index contributed by atoms with van der Waals surface area (Å²) >= 11 is 3.79. The second-order valence-electron chi connectivity index (χ2n) is 8.48. The molecule has 3 atom stereocenters. The number of carboxylic acid groups (broad SMARTS) is 1. The van der Waals surface area contributed by atoms with Gasteiger partial charge in [0.2, 0.25) is 5.91 Å². The molecule has 1 fully saturated rings. The second-order valence-corrected chi connectivity index (χ2v) is 12.5. The van der Waals surface area contributed by atoms with Gasteiger partial charge in [0.25, 0.3) is 11.6 Å². The fraction of sp³-hybridized carbons (Fsp3) is 0.320. The molecule has 13 heteroatoms. The number of nitrogens with one attached hydrogen (secondary N) is 1. The first-order valence-electron chi connectivity index (χ1n) is 11.7. The Morgan fingerprint density at radius 1 is 1.21 bits per heavy atom. The van der Waals surface area contributed by atoms with Crippen LogP contribution < -0.4 is 5.32 Å². The molecule has 10 nitrogen and oxygen atoms in total. The van der Waals surface area contributed by atoms with Gasteiger partial charge in [0.05, 0.1) is 15.3 Å². The van der Waals surface area contributed by atoms with Crippen LogP contribution >= 0.6 is 35.3 Å². The summed E-state index contributed by atoms with van der Waals surface area (Å²) in [5, 5.41) is 34.4. The number of fused-ring (bicyclic) bond motifs is 1. The molecule has 2 aromatic rings. The van der Waals surface area contributed by atoms with Gasteiger partial charge in [-0.05, 0) is 24.1 Å². The number of nitro benzene ring substituents is 1. The third-order valence-electron chi connectivity index (χ3n) is 6.10. The van der Waals surface area contributed by atoms with Gasteiger partial charge in [-0.15, -0.1) is 23.5 Å². The second kappa shape index (κ2) is 11.8. The summed E-state index contributed by atoms with van der Waals surface area (Å²) in [6, 6.07) is 14.8. The summed E-state index contributed by atoms with van der Waals surface area (Å²) in [6.07, 6.45) is -0.638. The van der Waals surface area contributed by atoms with Crippen LogP contribution in [0.1, 0.15) is 29.3 Å². The number of aliphatic hydroxyl groups excluding tert-OH is 1. The van der Waals surface area contributed by atoms with Crippen LogP contribution in [0.2, 0.25) is 0 Å². The van der Waals surface area contributed by atoms with E-state index >= 15 is 0 Å². The normalized spacial score (nSPS) is 21.1. The molecule has 3 N–H and O–H groups in total. The van der Waals surface area contributed by atoms with Crippen molar-refractivity contribution < 1.29 is 29.5 Å². The van der Waals surface area contributed by atoms with E-state index in [1.165, 1.54) is 52.3 Å². The average molecular weight is 576 g/mol. The molecular formula is C25H25N3O7S3. The number of carbonyl (C=O) groups excluding carboxylic acids is 2. The van der Waals surface area contributed by atoms with Gasteiger partial charge >= 0.3 is 5.97 Å². The zero-order chi connectivity index (χ0) is 27.4. The van der Waals surface area contributed by atoms with E-state index in [0.717, 1.165) is 5.56 Å². The van der Waals surface area contributed by atoms with Gasteiger partial charge in [-0.1, -0.05) is 49.0 Å². The minimum atomic E-state index is -1.25. The van der Waals surface area contributed by atoms with Gasteiger partial charge in [0, 0.05) is 35.7 Å². The van der Waals surface area contributed by atoms with Gasteiger partial charge in [0.15, 0.2) is 9.90 Å². The Balaban J connectivity index is 1.49. The number of aliphatic hydroxyl groups is 1. The molecule has 4 rings (SSSR count). The first-order valence-corrected chi connectivity index (χ1v) is 14.5. The van der Waals surface area contributed by atoms with Crippen molar-refractivity contribution in [2.45, 2.75) is 29.4 Å². The molecule has 0 bridgehead atoms. The van der Waals surface area contributed by atoms with Crippen molar-refractivity contribution in [2.24, 2.45) is 5.92 Å². The summed E-state index contributed by atoms with van der Waals surface area (Å²) in [4.78, 5) is 49.4. The van der Waals surface area contributed by atoms with Crippen LogP contribution in [-0.2, 0) is 15.3 Å². The lowest BCUT2D eigenvalue weighted by Crippen LogP contribution is -2.68. The van der Waals surface area contributed by atoms with Crippen LogP contribution in [0.25, 0.3) is 0 Å². The molecule has 2 aliphatic rings. The van der Waals surface area contributed by atoms with Gasteiger partial charge in [-0.2, -0.15) is 0 Å². The number of carbonyl (C=O) groups is 3. The summed E-state index contributed by atoms with van der Waals surface area (Å²) in [6.45, 7) is 2.04. The van der Waals surface area contributed by atoms with E-state index in [0.29, 0.717) is 27.7 Å². The van der Waals surface area contributed by atoms with Crippen LogP contribution in [0.15, 0.2) is 64.5 Å². The number of hydrogen-bond donors (Lipinski definition) is 3. The third-order valence-corrected chi connectivity index (χ3v) is 10.6. The molecule has 0 unspecified atom stereocenters. The van der Waals surface area contributed by atoms with Crippen LogP contribution in [0.4, 0.5) is 5.69 Å². The van der Waals surface area contributed by atoms with E-state index in [1.807, 2.05) is 6.07 Å². The Morgan fingerprint density at radius 2 is 1.89 bits per heavy atom. The lowest BCUT2D eigenvalue weighted by atomic mass is 9.89. The largest absolute Gasteiger partial charge is 0.477 e. The van der Waals surface area contributed by atoms with Crippen molar-refractivity contribution in [1.82, 2.24) is 10.2 Å². The number of non-ortho nitro benzene ring substituents is 1. The van der Waals surface area contributed by atoms with Crippen LogP contribution in [0.3, 0.4) is 0 Å². The lowest BCUT2D eigenvalue weighted by Gasteiger charge is -2.53. The lowest BCUT2D eigenvalue weighted by molar-refractivity contribution is -0.384. The summed E-state index contributed by atoms with van der Waals surface area (Å²) in [5.74, 6) is -2.02. The Hall–Kier alpha value is -3.00. The number of carboxylic acids is 1. The average Bonchev–Trinajstić information content (AvgIpc) is 3.20. The number of benzene rings is 2. The Labute approximate surface area is 231 Å². The minimum absolute atomic E-state index is 0.0419. The third kappa shape index (κ3) is 5.41. The van der Waals surface area contributed by atoms with Crippen molar-refractivity contribution >= 4 is 58.8 Å². The molecule has 0 saturated carbocycles. The summed E-state index contributed by atoms with van der Waals surface area (Å²) < 4.78 is -0.626. The van der Waals surface area contributed by atoms with E-state index in [4.69, 9.17) is 0 Å². The smallest absolute Gasteiger partial charge is 0.354 e. The molecule has 2 aromatic carbocycles. The van der Waals surface area contributed by atoms with Crippen molar-refractivity contribution in [2.75, 3.05) is 12.3 Å². The Morgan fingerprint density at radius 3 is 2.50 bits per heavy atom. The standard InChI is InChI=1S/C25H25N3O7S3/c1-2-18(29)19-22(31)27-20(23(32)33)24(36-13-12-26-21(30)16-6-4-3-5-7-16)38-25(19,27)37-14-15-8-10-17(11-9-15)28(34)35/h3-11,18-19,29H,2,12-14H2,1H3,(H,26,30)(H,32,33)/t18-,19+,25+/m0/s1. The highest BCUT2D eigenvalue weighted by atomic mass is 32.2. The van der Waals surface area contributed by atoms with Gasteiger partial charge in [-0.3, -0.25) is 24.6 Å². The fourth-order valence-electron chi connectivity index (χ4n) is 4.18. The van der Waals surface area contributed by atoms with E-state index in [1.54, 1.807) is 43.3 Å². The zero-order valence-electron chi connectivity index (χ0n) is 20.2. The van der Waals surface area contributed by atoms with E-state index in [-0.39, 0.29) is 23.8 Å². The number of aliphatic carboxylic acids is 1. The summed E-state index contributed by atoms with van der Waals surface area (Å²) in [7, 11) is 0. The number of nitrogens with zero attached hydrogens (tertiary/aromatic N) is 2. The number of rotatable bonds is 12. The number of β-lactam (4-membered cyclic amide) rings is 1. The van der Waals surface area contributed by atoms with E-state index in [9.17, 15) is 34.7 Å². The molecule has 200 valence electrons. The summed E-state index contributed by atoms with van der Waals surface area (Å²) in [5.41, 5.74) is 1.11. The van der Waals surface area contributed by atoms with Crippen LogP contribution in [0, 0.1) is 16.0 Å². The Bertz CT molecular complexity index is 1270. The topological polar surface area (TPSA) is 150 Å². The SMILES string of the molecule is CC[C@H](O)[C@@H]1C(=O)N2C(C(=O)O)=C(SCCNC(=O)c3ccccc3)S[C@]12SCc1ccc([N+](=O)[O-])cc1. The minimum Gasteiger partial charge on any atom is -0.477 e. The molecule has 38 heavy (non-hydrogen) atoms. The monoisotopic (exact) mass is 575 g/mol. The number of thioether (sulfide) groups is 3. The fourth-order valence-corrected chi connectivity index (χ4v) is 9.08. The molecule has 0 spiro atoms. The molecule has 0 aromatic heterocycles. The maximum atomic E-state index is 13.1. The number of hydrogen-bond acceptors (Lipinski definition) is 9. The highest BCUT2D eigenvalue weighted by molar-refractivity contribution is 8.29.